The molecule has 2 heterocycles. The molecule has 3 aliphatic rings. The Morgan fingerprint density at radius 1 is 0.923 bits per heavy atom. The molecule has 4 nitrogen and oxygen atoms in total. The normalized spacial score (nSPS) is 30.7. The first-order chi connectivity index (χ1) is 12.1. The molecule has 1 saturated carbocycles. The van der Waals surface area contributed by atoms with Crippen molar-refractivity contribution in [3.63, 3.8) is 0 Å². The Kier molecular flexibility index (Phi) is 4.41. The van der Waals surface area contributed by atoms with Crippen LogP contribution in [-0.2, 0) is 14.0 Å². The third-order valence-corrected chi connectivity index (χ3v) is 6.32. The highest BCUT2D eigenvalue weighted by Gasteiger charge is 2.52. The largest absolute Gasteiger partial charge is 0.494 e. The molecule has 26 heavy (non-hydrogen) atoms. The summed E-state index contributed by atoms with van der Waals surface area (Å²) in [7, 11) is -0.298. The van der Waals surface area contributed by atoms with Gasteiger partial charge in [-0.05, 0) is 83.5 Å². The van der Waals surface area contributed by atoms with Crippen molar-refractivity contribution in [3.8, 4) is 0 Å². The van der Waals surface area contributed by atoms with E-state index >= 15 is 0 Å². The van der Waals surface area contributed by atoms with Crippen LogP contribution >= 0.6 is 0 Å². The van der Waals surface area contributed by atoms with Crippen molar-refractivity contribution in [1.82, 2.24) is 0 Å². The number of nitrogens with zero attached hydrogens (tertiary/aromatic N) is 1. The van der Waals surface area contributed by atoms with Crippen LogP contribution in [0.5, 0.6) is 0 Å². The van der Waals surface area contributed by atoms with E-state index in [2.05, 4.69) is 64.6 Å². The Morgan fingerprint density at radius 3 is 2.04 bits per heavy atom. The van der Waals surface area contributed by atoms with Gasteiger partial charge in [-0.25, -0.2) is 0 Å². The van der Waals surface area contributed by atoms with E-state index in [9.17, 15) is 0 Å². The first-order valence-corrected chi connectivity index (χ1v) is 10.1. The lowest BCUT2D eigenvalue weighted by molar-refractivity contribution is -0.00521. The van der Waals surface area contributed by atoms with Gasteiger partial charge in [-0.2, -0.15) is 0 Å². The molecule has 0 amide bonds. The lowest BCUT2D eigenvalue weighted by Gasteiger charge is -2.37. The molecule has 142 valence electrons. The van der Waals surface area contributed by atoms with Crippen LogP contribution in [0.1, 0.15) is 65.9 Å². The quantitative estimate of drug-likeness (QED) is 0.775. The topological polar surface area (TPSA) is 30.9 Å². The van der Waals surface area contributed by atoms with E-state index in [1.807, 2.05) is 0 Å². The van der Waals surface area contributed by atoms with E-state index < -0.39 is 0 Å². The summed E-state index contributed by atoms with van der Waals surface area (Å²) in [5.74, 6) is 0.701. The molecule has 2 unspecified atom stereocenters. The van der Waals surface area contributed by atoms with Crippen molar-refractivity contribution < 1.29 is 14.0 Å². The lowest BCUT2D eigenvalue weighted by Crippen LogP contribution is -2.46. The molecule has 1 aromatic rings. The van der Waals surface area contributed by atoms with Gasteiger partial charge in [-0.3, -0.25) is 0 Å². The molecule has 0 N–H and O–H groups in total. The van der Waals surface area contributed by atoms with Crippen molar-refractivity contribution in [3.05, 3.63) is 23.8 Å². The minimum absolute atomic E-state index is 0.253. The summed E-state index contributed by atoms with van der Waals surface area (Å²) in [6.45, 7) is 14.6. The monoisotopic (exact) mass is 357 g/mol. The van der Waals surface area contributed by atoms with Gasteiger partial charge in [-0.1, -0.05) is 6.07 Å². The summed E-state index contributed by atoms with van der Waals surface area (Å²) in [4.78, 5) is 2.46. The van der Waals surface area contributed by atoms with Gasteiger partial charge < -0.3 is 18.9 Å². The predicted molar refractivity (Wildman–Crippen MR) is 106 cm³/mol. The van der Waals surface area contributed by atoms with E-state index in [0.29, 0.717) is 5.92 Å². The van der Waals surface area contributed by atoms with Crippen LogP contribution in [0.25, 0.3) is 0 Å². The van der Waals surface area contributed by atoms with Gasteiger partial charge in [0.25, 0.3) is 0 Å². The van der Waals surface area contributed by atoms with Gasteiger partial charge in [0, 0.05) is 18.8 Å². The maximum atomic E-state index is 6.32. The van der Waals surface area contributed by atoms with Gasteiger partial charge >= 0.3 is 7.12 Å². The Balaban J connectivity index is 1.66. The SMILES string of the molecule is CC1CN(c2cc(B3OC(C)(C)C(C)(C)O3)cc(C3CC3)c2)CC(C)O1. The number of ether oxygens (including phenoxy) is 1. The predicted octanol–water partition coefficient (Wildman–Crippen LogP) is 3.48. The maximum absolute atomic E-state index is 6.32. The Labute approximate surface area is 158 Å². The molecule has 0 aromatic heterocycles. The van der Waals surface area contributed by atoms with Crippen LogP contribution in [0.3, 0.4) is 0 Å². The summed E-state index contributed by atoms with van der Waals surface area (Å²) >= 11 is 0. The van der Waals surface area contributed by atoms with Crippen molar-refractivity contribution >= 4 is 18.3 Å². The van der Waals surface area contributed by atoms with E-state index in [0.717, 1.165) is 18.6 Å². The molecule has 3 fully saturated rings. The molecule has 5 heteroatoms. The fourth-order valence-corrected chi connectivity index (χ4v) is 4.00. The van der Waals surface area contributed by atoms with Gasteiger partial charge in [0.05, 0.1) is 23.4 Å². The van der Waals surface area contributed by atoms with Crippen LogP contribution in [0, 0.1) is 0 Å². The highest BCUT2D eigenvalue weighted by Crippen LogP contribution is 2.42. The molecule has 1 aliphatic carbocycles. The molecule has 0 spiro atoms. The number of anilines is 1. The number of rotatable bonds is 3. The second-order valence-corrected chi connectivity index (χ2v) is 9.38. The number of benzene rings is 1. The van der Waals surface area contributed by atoms with E-state index in [1.54, 1.807) is 0 Å². The first-order valence-electron chi connectivity index (χ1n) is 10.1. The van der Waals surface area contributed by atoms with E-state index in [-0.39, 0.29) is 30.5 Å². The maximum Gasteiger partial charge on any atom is 0.494 e. The average molecular weight is 357 g/mol. The van der Waals surface area contributed by atoms with Crippen molar-refractivity contribution in [2.24, 2.45) is 0 Å². The smallest absolute Gasteiger partial charge is 0.399 e. The average Bonchev–Trinajstić information content (AvgIpc) is 3.34. The zero-order valence-corrected chi connectivity index (χ0v) is 17.0. The summed E-state index contributed by atoms with van der Waals surface area (Å²) in [5.41, 5.74) is 3.24. The van der Waals surface area contributed by atoms with Crippen LogP contribution in [0.15, 0.2) is 18.2 Å². The fourth-order valence-electron chi connectivity index (χ4n) is 4.00. The Morgan fingerprint density at radius 2 is 1.50 bits per heavy atom. The summed E-state index contributed by atoms with van der Waals surface area (Å²) in [6.07, 6.45) is 3.09. The molecular weight excluding hydrogens is 325 g/mol. The van der Waals surface area contributed by atoms with Gasteiger partial charge in [0.2, 0.25) is 0 Å². The van der Waals surface area contributed by atoms with Gasteiger partial charge in [0.1, 0.15) is 0 Å². The molecule has 2 aliphatic heterocycles. The summed E-state index contributed by atoms with van der Waals surface area (Å²) < 4.78 is 18.6. The number of morpholine rings is 1. The number of hydrogen-bond acceptors (Lipinski definition) is 4. The molecule has 0 radical (unpaired) electrons. The molecule has 2 saturated heterocycles. The molecular formula is C21H32BNO3. The number of hydrogen-bond donors (Lipinski definition) is 0. The molecule has 0 bridgehead atoms. The van der Waals surface area contributed by atoms with Gasteiger partial charge in [0.15, 0.2) is 0 Å². The van der Waals surface area contributed by atoms with E-state index in [4.69, 9.17) is 14.0 Å². The summed E-state index contributed by atoms with van der Waals surface area (Å²) in [6, 6.07) is 6.94. The van der Waals surface area contributed by atoms with Crippen molar-refractivity contribution in [1.29, 1.82) is 0 Å². The standard InChI is InChI=1S/C21H32BNO3/c1-14-12-23(13-15(2)24-14)19-10-17(16-7-8-16)9-18(11-19)22-25-20(3,4)21(5,6)26-22/h9-11,14-16H,7-8,12-13H2,1-6H3. The van der Waals surface area contributed by atoms with Gasteiger partial charge in [-0.15, -0.1) is 0 Å². The lowest BCUT2D eigenvalue weighted by atomic mass is 9.77. The van der Waals surface area contributed by atoms with Crippen LogP contribution in [-0.4, -0.2) is 43.6 Å². The van der Waals surface area contributed by atoms with Crippen LogP contribution in [0.4, 0.5) is 5.69 Å². The second-order valence-electron chi connectivity index (χ2n) is 9.38. The first kappa shape index (κ1) is 18.3. The fraction of sp³-hybridized carbons (Fsp3) is 0.714. The zero-order valence-electron chi connectivity index (χ0n) is 17.0. The van der Waals surface area contributed by atoms with E-state index in [1.165, 1.54) is 24.1 Å². The van der Waals surface area contributed by atoms with Crippen LogP contribution in [0.2, 0.25) is 0 Å². The Bertz CT molecular complexity index is 660. The molecule has 4 rings (SSSR count). The highest BCUT2D eigenvalue weighted by atomic mass is 16.7. The third kappa shape index (κ3) is 3.41. The van der Waals surface area contributed by atoms with Crippen molar-refractivity contribution in [2.45, 2.75) is 83.7 Å². The molecule has 1 aromatic carbocycles. The third-order valence-electron chi connectivity index (χ3n) is 6.32. The summed E-state index contributed by atoms with van der Waals surface area (Å²) in [5, 5.41) is 0. The van der Waals surface area contributed by atoms with Crippen molar-refractivity contribution in [2.75, 3.05) is 18.0 Å². The highest BCUT2D eigenvalue weighted by molar-refractivity contribution is 6.62. The minimum Gasteiger partial charge on any atom is -0.399 e. The zero-order chi connectivity index (χ0) is 18.7. The second kappa shape index (κ2) is 6.25. The molecule has 2 atom stereocenters. The minimum atomic E-state index is -0.310. The van der Waals surface area contributed by atoms with Crippen LogP contribution < -0.4 is 10.4 Å². The Hall–Kier alpha value is -1.04.